The Hall–Kier alpha value is -3.59. The monoisotopic (exact) mass is 472 g/mol. The molecular weight excluding hydrogens is 440 g/mol. The van der Waals surface area contributed by atoms with Crippen molar-refractivity contribution in [3.05, 3.63) is 59.7 Å². The number of phenolic OH excluding ortho intramolecular Hbond substituents is 1. The molecule has 2 atom stereocenters. The minimum absolute atomic E-state index is 0.0295. The van der Waals surface area contributed by atoms with Crippen LogP contribution in [-0.4, -0.2) is 58.9 Å². The first-order chi connectivity index (χ1) is 16.0. The predicted octanol–water partition coefficient (Wildman–Crippen LogP) is 2.31. The second kappa shape index (κ2) is 12.0. The van der Waals surface area contributed by atoms with Gasteiger partial charge in [-0.05, 0) is 41.6 Å². The summed E-state index contributed by atoms with van der Waals surface area (Å²) in [5.41, 5.74) is 1.26. The van der Waals surface area contributed by atoms with E-state index in [1.165, 1.54) is 7.11 Å². The third-order valence-electron chi connectivity index (χ3n) is 5.69. The molecule has 0 radical (unpaired) electrons. The van der Waals surface area contributed by atoms with Gasteiger partial charge in [0.2, 0.25) is 5.91 Å². The van der Waals surface area contributed by atoms with Crippen LogP contribution in [0.1, 0.15) is 37.8 Å². The molecule has 34 heavy (non-hydrogen) atoms. The summed E-state index contributed by atoms with van der Waals surface area (Å²) in [5, 5.41) is 34.0. The smallest absolute Gasteiger partial charge is 0.326 e. The Labute approximate surface area is 198 Å². The lowest BCUT2D eigenvalue weighted by molar-refractivity contribution is -0.143. The number of amides is 1. The molecule has 2 aromatic rings. The molecule has 0 spiro atoms. The van der Waals surface area contributed by atoms with Gasteiger partial charge in [0.1, 0.15) is 6.04 Å². The molecule has 0 fully saturated rings. The van der Waals surface area contributed by atoms with E-state index in [9.17, 15) is 29.7 Å². The number of carboxylic acid groups (broad SMARTS) is 2. The highest BCUT2D eigenvalue weighted by Crippen LogP contribution is 2.34. The summed E-state index contributed by atoms with van der Waals surface area (Å²) in [7, 11) is 1.46. The van der Waals surface area contributed by atoms with Crippen LogP contribution in [0.15, 0.2) is 48.5 Å². The second-order valence-corrected chi connectivity index (χ2v) is 8.71. The van der Waals surface area contributed by atoms with Crippen LogP contribution in [0.25, 0.3) is 0 Å². The average Bonchev–Trinajstić information content (AvgIpc) is 2.78. The third-order valence-corrected chi connectivity index (χ3v) is 5.69. The molecule has 0 aromatic heterocycles. The van der Waals surface area contributed by atoms with Gasteiger partial charge in [0, 0.05) is 6.42 Å². The van der Waals surface area contributed by atoms with Crippen molar-refractivity contribution in [3.8, 4) is 11.5 Å². The van der Waals surface area contributed by atoms with E-state index in [1.54, 1.807) is 48.5 Å². The number of rotatable bonds is 13. The number of aliphatic carboxylic acids is 2. The van der Waals surface area contributed by atoms with Gasteiger partial charge < -0.3 is 30.7 Å². The normalized spacial score (nSPS) is 13.0. The Morgan fingerprint density at radius 2 is 1.71 bits per heavy atom. The number of ether oxygens (including phenoxy) is 1. The summed E-state index contributed by atoms with van der Waals surface area (Å²) >= 11 is 0. The van der Waals surface area contributed by atoms with Crippen LogP contribution in [0.5, 0.6) is 11.5 Å². The van der Waals surface area contributed by atoms with Crippen LogP contribution in [0.2, 0.25) is 0 Å². The maximum atomic E-state index is 12.8. The molecule has 0 saturated carbocycles. The van der Waals surface area contributed by atoms with Gasteiger partial charge in [-0.25, -0.2) is 4.79 Å². The number of benzene rings is 2. The molecule has 9 nitrogen and oxygen atoms in total. The lowest BCUT2D eigenvalue weighted by Crippen LogP contribution is -2.52. The molecule has 0 aliphatic heterocycles. The Kier molecular flexibility index (Phi) is 9.44. The Balaban J connectivity index is 2.04. The minimum Gasteiger partial charge on any atom is -0.504 e. The molecule has 184 valence electrons. The van der Waals surface area contributed by atoms with Crippen LogP contribution >= 0.6 is 0 Å². The first kappa shape index (κ1) is 26.7. The number of aromatic hydroxyl groups is 1. The molecule has 1 amide bonds. The first-order valence-electron chi connectivity index (χ1n) is 10.9. The SMILES string of the molecule is COc1cc(C(C)(C)CCN[C@@H](CC(=O)O)C(=O)N[C@@H](Cc2ccccc2)C(=O)O)ccc1O. The number of hydrogen-bond donors (Lipinski definition) is 5. The molecule has 0 saturated heterocycles. The molecule has 2 aromatic carbocycles. The Morgan fingerprint density at radius 1 is 1.03 bits per heavy atom. The number of carboxylic acids is 2. The Morgan fingerprint density at radius 3 is 2.29 bits per heavy atom. The second-order valence-electron chi connectivity index (χ2n) is 8.71. The van der Waals surface area contributed by atoms with Gasteiger partial charge in [-0.1, -0.05) is 50.2 Å². The molecule has 0 aliphatic carbocycles. The number of nitrogens with one attached hydrogen (secondary N) is 2. The third kappa shape index (κ3) is 7.77. The van der Waals surface area contributed by atoms with E-state index in [2.05, 4.69) is 10.6 Å². The van der Waals surface area contributed by atoms with Gasteiger partial charge in [0.25, 0.3) is 0 Å². The molecule has 0 aliphatic rings. The lowest BCUT2D eigenvalue weighted by Gasteiger charge is -2.27. The number of carbonyl (C=O) groups is 3. The van der Waals surface area contributed by atoms with Gasteiger partial charge in [0.05, 0.1) is 19.6 Å². The van der Waals surface area contributed by atoms with Gasteiger partial charge in [0.15, 0.2) is 11.5 Å². The molecule has 5 N–H and O–H groups in total. The molecular formula is C25H32N2O7. The summed E-state index contributed by atoms with van der Waals surface area (Å²) in [4.78, 5) is 35.8. The fraction of sp³-hybridized carbons (Fsp3) is 0.400. The highest BCUT2D eigenvalue weighted by molar-refractivity contribution is 5.89. The topological polar surface area (TPSA) is 145 Å². The molecule has 2 rings (SSSR count). The molecule has 0 heterocycles. The zero-order valence-corrected chi connectivity index (χ0v) is 19.6. The fourth-order valence-electron chi connectivity index (χ4n) is 3.56. The quantitative estimate of drug-likeness (QED) is 0.299. The molecule has 0 unspecified atom stereocenters. The van der Waals surface area contributed by atoms with E-state index >= 15 is 0 Å². The van der Waals surface area contributed by atoms with Gasteiger partial charge in [-0.15, -0.1) is 0 Å². The van der Waals surface area contributed by atoms with Crippen LogP contribution in [-0.2, 0) is 26.2 Å². The summed E-state index contributed by atoms with van der Waals surface area (Å²) in [6, 6.07) is 11.6. The lowest BCUT2D eigenvalue weighted by atomic mass is 9.81. The van der Waals surface area contributed by atoms with Crippen LogP contribution in [0, 0.1) is 0 Å². The van der Waals surface area contributed by atoms with Crippen LogP contribution < -0.4 is 15.4 Å². The van der Waals surface area contributed by atoms with Crippen molar-refractivity contribution in [1.29, 1.82) is 0 Å². The highest BCUT2D eigenvalue weighted by atomic mass is 16.5. The predicted molar refractivity (Wildman–Crippen MR) is 126 cm³/mol. The van der Waals surface area contributed by atoms with Gasteiger partial charge in [-0.2, -0.15) is 0 Å². The van der Waals surface area contributed by atoms with E-state index in [0.717, 1.165) is 11.1 Å². The van der Waals surface area contributed by atoms with Crippen LogP contribution in [0.3, 0.4) is 0 Å². The van der Waals surface area contributed by atoms with E-state index in [4.69, 9.17) is 4.74 Å². The number of hydrogen-bond acceptors (Lipinski definition) is 6. The van der Waals surface area contributed by atoms with E-state index in [0.29, 0.717) is 18.7 Å². The zero-order valence-electron chi connectivity index (χ0n) is 19.6. The Bertz CT molecular complexity index is 992. The summed E-state index contributed by atoms with van der Waals surface area (Å²) < 4.78 is 5.17. The van der Waals surface area contributed by atoms with Crippen molar-refractivity contribution in [2.75, 3.05) is 13.7 Å². The van der Waals surface area contributed by atoms with Gasteiger partial charge in [-0.3, -0.25) is 9.59 Å². The molecule has 9 heteroatoms. The standard InChI is InChI=1S/C25H32N2O7/c1-25(2,17-9-10-20(28)21(14-17)34-3)11-12-26-18(15-22(29)30)23(31)27-19(24(32)33)13-16-7-5-4-6-8-16/h4-10,14,18-19,26,28H,11-13,15H2,1-3H3,(H,27,31)(H,29,30)(H,32,33)/t18-,19-/m0/s1. The summed E-state index contributed by atoms with van der Waals surface area (Å²) in [5.74, 6) is -2.68. The van der Waals surface area contributed by atoms with Crippen LogP contribution in [0.4, 0.5) is 0 Å². The van der Waals surface area contributed by atoms with E-state index in [-0.39, 0.29) is 17.6 Å². The summed E-state index contributed by atoms with van der Waals surface area (Å²) in [6.45, 7) is 4.26. The first-order valence-corrected chi connectivity index (χ1v) is 10.9. The van der Waals surface area contributed by atoms with Crippen molar-refractivity contribution in [1.82, 2.24) is 10.6 Å². The summed E-state index contributed by atoms with van der Waals surface area (Å²) in [6.07, 6.45) is 0.130. The van der Waals surface area contributed by atoms with Crippen molar-refractivity contribution in [3.63, 3.8) is 0 Å². The highest BCUT2D eigenvalue weighted by Gasteiger charge is 2.28. The van der Waals surface area contributed by atoms with Crippen molar-refractivity contribution in [2.24, 2.45) is 0 Å². The van der Waals surface area contributed by atoms with Crippen molar-refractivity contribution < 1.29 is 34.4 Å². The average molecular weight is 473 g/mol. The zero-order chi connectivity index (χ0) is 25.3. The fourth-order valence-corrected chi connectivity index (χ4v) is 3.56. The number of phenols is 1. The van der Waals surface area contributed by atoms with Crippen molar-refractivity contribution in [2.45, 2.75) is 50.6 Å². The van der Waals surface area contributed by atoms with E-state index < -0.39 is 36.4 Å². The maximum absolute atomic E-state index is 12.8. The van der Waals surface area contributed by atoms with E-state index in [1.807, 2.05) is 13.8 Å². The van der Waals surface area contributed by atoms with Crippen molar-refractivity contribution >= 4 is 17.8 Å². The van der Waals surface area contributed by atoms with Gasteiger partial charge >= 0.3 is 11.9 Å². The number of methoxy groups -OCH3 is 1. The maximum Gasteiger partial charge on any atom is 0.326 e. The number of carbonyl (C=O) groups excluding carboxylic acids is 1. The minimum atomic E-state index is -1.20. The largest absolute Gasteiger partial charge is 0.504 e. The molecule has 0 bridgehead atoms.